The van der Waals surface area contributed by atoms with Crippen LogP contribution in [0.1, 0.15) is 40.3 Å². The first-order chi connectivity index (χ1) is 20.4. The molecule has 2 aromatic heterocycles. The van der Waals surface area contributed by atoms with Gasteiger partial charge in [-0.05, 0) is 35.4 Å². The minimum absolute atomic E-state index is 0.0687. The molecule has 4 aromatic rings. The molecule has 0 amide bonds. The monoisotopic (exact) mass is 632 g/mol. The summed E-state index contributed by atoms with van der Waals surface area (Å²) in [5.41, 5.74) is 6.33. The highest BCUT2D eigenvalue weighted by atomic mass is 35.5. The molecule has 5 rings (SSSR count). The molecule has 2 unspecified atom stereocenters. The summed E-state index contributed by atoms with van der Waals surface area (Å²) in [6.45, 7) is 7.01. The predicted octanol–water partition coefficient (Wildman–Crippen LogP) is 4.63. The Labute approximate surface area is 253 Å². The Morgan fingerprint density at radius 2 is 2.00 bits per heavy atom. The van der Waals surface area contributed by atoms with Crippen LogP contribution >= 0.6 is 19.3 Å². The molecule has 0 radical (unpaired) electrons. The largest absolute Gasteiger partial charge is 0.464 e. The number of hydrogen-bond acceptors (Lipinski definition) is 11. The van der Waals surface area contributed by atoms with Crippen LogP contribution in [-0.2, 0) is 23.4 Å². The molecule has 1 saturated heterocycles. The van der Waals surface area contributed by atoms with E-state index >= 15 is 0 Å². The summed E-state index contributed by atoms with van der Waals surface area (Å²) < 4.78 is 39.7. The third-order valence-corrected chi connectivity index (χ3v) is 8.54. The number of fused-ring (bicyclic) bond motifs is 2. The van der Waals surface area contributed by atoms with E-state index < -0.39 is 44.8 Å². The van der Waals surface area contributed by atoms with Crippen LogP contribution in [0.15, 0.2) is 48.8 Å². The molecule has 3 heterocycles. The number of aliphatic hydroxyl groups excluding tert-OH is 1. The van der Waals surface area contributed by atoms with Crippen molar-refractivity contribution in [2.75, 3.05) is 18.9 Å². The Balaban J connectivity index is 1.43. The molecular weight excluding hydrogens is 599 g/mol. The summed E-state index contributed by atoms with van der Waals surface area (Å²) >= 11 is 6.02. The normalized spacial score (nSPS) is 21.1. The van der Waals surface area contributed by atoms with E-state index in [2.05, 4.69) is 20.0 Å². The number of esters is 1. The smallest absolute Gasteiger partial charge is 0.459 e. The van der Waals surface area contributed by atoms with E-state index in [-0.39, 0.29) is 35.3 Å². The molecule has 15 heteroatoms. The van der Waals surface area contributed by atoms with E-state index in [0.717, 1.165) is 5.39 Å². The molecule has 1 fully saturated rings. The van der Waals surface area contributed by atoms with Crippen LogP contribution < -0.4 is 15.3 Å². The second-order valence-electron chi connectivity index (χ2n) is 11.5. The summed E-state index contributed by atoms with van der Waals surface area (Å²) in [4.78, 5) is 25.2. The van der Waals surface area contributed by atoms with Crippen molar-refractivity contribution in [1.82, 2.24) is 24.6 Å². The Hall–Kier alpha value is -3.32. The van der Waals surface area contributed by atoms with Crippen LogP contribution in [0.2, 0.25) is 5.28 Å². The second-order valence-corrected chi connectivity index (χ2v) is 13.5. The van der Waals surface area contributed by atoms with Gasteiger partial charge >= 0.3 is 13.7 Å². The van der Waals surface area contributed by atoms with Crippen molar-refractivity contribution in [2.45, 2.75) is 58.6 Å². The van der Waals surface area contributed by atoms with Crippen molar-refractivity contribution >= 4 is 53.1 Å². The van der Waals surface area contributed by atoms with Gasteiger partial charge in [-0.2, -0.15) is 15.1 Å². The number of hydrogen-bond donors (Lipinski definition) is 3. The van der Waals surface area contributed by atoms with E-state index in [1.165, 1.54) is 13.3 Å². The zero-order chi connectivity index (χ0) is 30.9. The number of carbonyl (C=O) groups is 1. The fourth-order valence-corrected chi connectivity index (χ4v) is 6.54. The lowest BCUT2D eigenvalue weighted by atomic mass is 9.99. The molecule has 5 atom stereocenters. The summed E-state index contributed by atoms with van der Waals surface area (Å²) in [5.74, 6) is -0.246. The average Bonchev–Trinajstić information content (AvgIpc) is 3.55. The van der Waals surface area contributed by atoms with Crippen LogP contribution in [0, 0.1) is 5.41 Å². The highest BCUT2D eigenvalue weighted by molar-refractivity contribution is 7.52. The van der Waals surface area contributed by atoms with Crippen molar-refractivity contribution in [1.29, 1.82) is 0 Å². The molecule has 1 aliphatic rings. The van der Waals surface area contributed by atoms with Crippen molar-refractivity contribution in [3.8, 4) is 5.75 Å². The van der Waals surface area contributed by atoms with Gasteiger partial charge in [0, 0.05) is 11.8 Å². The molecule has 0 saturated carbocycles. The van der Waals surface area contributed by atoms with Gasteiger partial charge in [-0.25, -0.2) is 9.55 Å². The number of benzene rings is 2. The lowest BCUT2D eigenvalue weighted by Crippen LogP contribution is -2.38. The Kier molecular flexibility index (Phi) is 8.94. The van der Waals surface area contributed by atoms with Gasteiger partial charge in [0.1, 0.15) is 35.7 Å². The maximum atomic E-state index is 14.5. The number of aliphatic hydroxyl groups is 1. The number of nitrogen functional groups attached to an aromatic ring is 1. The minimum Gasteiger partial charge on any atom is -0.464 e. The highest BCUT2D eigenvalue weighted by Crippen LogP contribution is 2.50. The van der Waals surface area contributed by atoms with Gasteiger partial charge in [-0.3, -0.25) is 13.9 Å². The topological polar surface area (TPSA) is 173 Å². The number of nitrogens with two attached hydrogens (primary N) is 1. The third-order valence-electron chi connectivity index (χ3n) is 6.69. The zero-order valence-electron chi connectivity index (χ0n) is 24.1. The summed E-state index contributed by atoms with van der Waals surface area (Å²) in [6.07, 6.45) is -1.01. The van der Waals surface area contributed by atoms with Gasteiger partial charge in [0.15, 0.2) is 11.5 Å². The number of nitrogens with one attached hydrogen (secondary N) is 1. The van der Waals surface area contributed by atoms with E-state index in [9.17, 15) is 14.5 Å². The van der Waals surface area contributed by atoms with Crippen molar-refractivity contribution in [3.63, 3.8) is 0 Å². The minimum atomic E-state index is -4.32. The molecule has 4 N–H and O–H groups in total. The molecule has 0 aliphatic carbocycles. The van der Waals surface area contributed by atoms with Crippen LogP contribution in [0.3, 0.4) is 0 Å². The number of carbonyl (C=O) groups excluding carboxylic acids is 1. The number of nitrogens with zero attached hydrogens (tertiary/aromatic N) is 4. The molecule has 0 bridgehead atoms. The van der Waals surface area contributed by atoms with Gasteiger partial charge in [0.25, 0.3) is 0 Å². The summed E-state index contributed by atoms with van der Waals surface area (Å²) in [7, 11) is -4.32. The van der Waals surface area contributed by atoms with Crippen molar-refractivity contribution in [2.24, 2.45) is 5.41 Å². The predicted molar refractivity (Wildman–Crippen MR) is 160 cm³/mol. The number of anilines is 1. The highest BCUT2D eigenvalue weighted by Gasteiger charge is 2.44. The summed E-state index contributed by atoms with van der Waals surface area (Å²) in [6, 6.07) is 11.7. The van der Waals surface area contributed by atoms with Gasteiger partial charge in [0.2, 0.25) is 5.28 Å². The number of ether oxygens (including phenoxy) is 2. The lowest BCUT2D eigenvalue weighted by molar-refractivity contribution is -0.148. The van der Waals surface area contributed by atoms with E-state index in [1.807, 2.05) is 51.1 Å². The lowest BCUT2D eigenvalue weighted by Gasteiger charge is -2.27. The van der Waals surface area contributed by atoms with Gasteiger partial charge in [-0.15, -0.1) is 0 Å². The maximum Gasteiger partial charge on any atom is 0.459 e. The molecule has 13 nitrogen and oxygen atoms in total. The fourth-order valence-electron chi connectivity index (χ4n) is 4.63. The summed E-state index contributed by atoms with van der Waals surface area (Å²) in [5, 5.41) is 14.4. The van der Waals surface area contributed by atoms with Crippen LogP contribution in [0.25, 0.3) is 21.9 Å². The van der Waals surface area contributed by atoms with Crippen LogP contribution in [0.4, 0.5) is 5.82 Å². The van der Waals surface area contributed by atoms with E-state index in [1.54, 1.807) is 16.7 Å². The number of aromatic nitrogens is 4. The molecule has 0 spiro atoms. The van der Waals surface area contributed by atoms with Gasteiger partial charge in [-0.1, -0.05) is 57.2 Å². The van der Waals surface area contributed by atoms with Crippen LogP contribution in [-0.4, -0.2) is 62.1 Å². The van der Waals surface area contributed by atoms with Gasteiger partial charge < -0.3 is 24.8 Å². The quantitative estimate of drug-likeness (QED) is 0.126. The van der Waals surface area contributed by atoms with E-state index in [0.29, 0.717) is 16.6 Å². The molecule has 2 aromatic carbocycles. The molecule has 43 heavy (non-hydrogen) atoms. The van der Waals surface area contributed by atoms with Crippen molar-refractivity contribution in [3.05, 3.63) is 54.1 Å². The molecule has 230 valence electrons. The molecule has 1 aliphatic heterocycles. The zero-order valence-corrected chi connectivity index (χ0v) is 25.8. The van der Waals surface area contributed by atoms with Crippen molar-refractivity contribution < 1.29 is 33.0 Å². The Bertz CT molecular complexity index is 1670. The SMILES string of the molecule is C[C@H](NP(=O)(Oc1cccc2ccccc12)O[C@@H]1C[C@H](n2cnc3c(N)nc(Cl)nc32)OC1CO)C(=O)OCC(C)(C)C. The van der Waals surface area contributed by atoms with Gasteiger partial charge in [0.05, 0.1) is 19.5 Å². The molecular formula is C28H34ClN6O7P. The number of imidazole rings is 1. The third kappa shape index (κ3) is 7.09. The van der Waals surface area contributed by atoms with E-state index in [4.69, 9.17) is 35.9 Å². The first kappa shape index (κ1) is 31.1. The fraction of sp³-hybridized carbons (Fsp3) is 0.429. The Morgan fingerprint density at radius 1 is 1.26 bits per heavy atom. The maximum absolute atomic E-state index is 14.5. The second kappa shape index (κ2) is 12.4. The number of halogens is 1. The van der Waals surface area contributed by atoms with Crippen LogP contribution in [0.5, 0.6) is 5.75 Å². The number of rotatable bonds is 10. The Morgan fingerprint density at radius 3 is 2.74 bits per heavy atom. The first-order valence-corrected chi connectivity index (χ1v) is 15.6. The first-order valence-electron chi connectivity index (χ1n) is 13.7. The average molecular weight is 633 g/mol. The standard InChI is InChI=1S/C28H34ClN6O7P/c1-16(26(37)39-14-28(2,3)4)34-43(38,41-19-11-7-9-17-8-5-6-10-18(17)19)42-20-12-22(40-21(20)13-36)35-15-31-23-24(30)32-27(29)33-25(23)35/h5-11,15-16,20-22,36H,12-14H2,1-4H3,(H,34,38)(H2,30,32,33)/t16-,20+,21?,22+,43?/m0/s1.